The Hall–Kier alpha value is -3.08. The molecule has 40 heavy (non-hydrogen) atoms. The minimum atomic E-state index is -0.216. The van der Waals surface area contributed by atoms with Crippen LogP contribution in [0.1, 0.15) is 17.0 Å². The second-order valence-corrected chi connectivity index (χ2v) is 11.8. The van der Waals surface area contributed by atoms with E-state index in [0.29, 0.717) is 42.6 Å². The first kappa shape index (κ1) is 28.4. The summed E-state index contributed by atoms with van der Waals surface area (Å²) < 4.78 is 7.86. The van der Waals surface area contributed by atoms with Crippen molar-refractivity contribution in [3.8, 4) is 22.7 Å². The Balaban J connectivity index is 1.33. The number of anilines is 1. The molecule has 0 spiro atoms. The molecule has 0 aliphatic carbocycles. The molecular formula is C28H22Cl3N5O2S2. The second kappa shape index (κ2) is 12.6. The number of aromatic nitrogens is 4. The fourth-order valence-electron chi connectivity index (χ4n) is 3.83. The number of benzene rings is 3. The van der Waals surface area contributed by atoms with Crippen LogP contribution < -0.4 is 10.1 Å². The van der Waals surface area contributed by atoms with E-state index in [2.05, 4.69) is 20.5 Å². The van der Waals surface area contributed by atoms with E-state index in [9.17, 15) is 4.79 Å². The molecule has 5 rings (SSSR count). The van der Waals surface area contributed by atoms with Gasteiger partial charge in [0.05, 0.1) is 22.2 Å². The van der Waals surface area contributed by atoms with Crippen molar-refractivity contribution in [1.29, 1.82) is 0 Å². The highest BCUT2D eigenvalue weighted by molar-refractivity contribution is 7.99. The lowest BCUT2D eigenvalue weighted by Gasteiger charge is -2.14. The third kappa shape index (κ3) is 6.62. The number of thiazole rings is 1. The molecule has 5 aromatic rings. The minimum absolute atomic E-state index is 0.105. The Labute approximate surface area is 254 Å². The van der Waals surface area contributed by atoms with Crippen LogP contribution in [0, 0.1) is 13.8 Å². The number of aryl methyl sites for hydroxylation is 2. The lowest BCUT2D eigenvalue weighted by atomic mass is 10.1. The molecule has 0 atom stereocenters. The van der Waals surface area contributed by atoms with Crippen LogP contribution >= 0.6 is 57.9 Å². The van der Waals surface area contributed by atoms with Crippen LogP contribution in [0.5, 0.6) is 5.75 Å². The molecule has 12 heteroatoms. The predicted octanol–water partition coefficient (Wildman–Crippen LogP) is 8.28. The largest absolute Gasteiger partial charge is 0.484 e. The standard InChI is InChI=1S/C28H22Cl3N5O2S2/c1-16-7-8-17(2)23(11-16)36-25(13-38-24-10-9-18(29)12-21(24)31)34-35-28(36)40-15-26(37)33-27-32-22(14-39-27)19-5-3-4-6-20(19)30/h3-12,14H,13,15H2,1-2H3,(H,32,33,37). The van der Waals surface area contributed by atoms with E-state index in [1.165, 1.54) is 23.1 Å². The summed E-state index contributed by atoms with van der Waals surface area (Å²) >= 11 is 21.2. The number of carbonyl (C=O) groups excluding carboxylic acids is 1. The van der Waals surface area contributed by atoms with Gasteiger partial charge in [-0.25, -0.2) is 4.98 Å². The lowest BCUT2D eigenvalue weighted by Crippen LogP contribution is -2.15. The molecule has 1 amide bonds. The van der Waals surface area contributed by atoms with Crippen LogP contribution in [0.4, 0.5) is 5.13 Å². The molecule has 2 heterocycles. The highest BCUT2D eigenvalue weighted by Gasteiger charge is 2.19. The minimum Gasteiger partial charge on any atom is -0.484 e. The summed E-state index contributed by atoms with van der Waals surface area (Å²) in [4.78, 5) is 17.4. The van der Waals surface area contributed by atoms with Gasteiger partial charge in [-0.3, -0.25) is 9.36 Å². The van der Waals surface area contributed by atoms with Crippen molar-refractivity contribution < 1.29 is 9.53 Å². The van der Waals surface area contributed by atoms with Gasteiger partial charge in [0.2, 0.25) is 5.91 Å². The molecule has 0 saturated heterocycles. The number of carbonyl (C=O) groups is 1. The van der Waals surface area contributed by atoms with Gasteiger partial charge in [0, 0.05) is 21.0 Å². The monoisotopic (exact) mass is 629 g/mol. The first-order chi connectivity index (χ1) is 19.3. The summed E-state index contributed by atoms with van der Waals surface area (Å²) in [6.45, 7) is 4.14. The molecule has 0 bridgehead atoms. The van der Waals surface area contributed by atoms with E-state index in [1.807, 2.05) is 60.2 Å². The van der Waals surface area contributed by atoms with Crippen molar-refractivity contribution in [3.63, 3.8) is 0 Å². The summed E-state index contributed by atoms with van der Waals surface area (Å²) in [5.74, 6) is 0.932. The van der Waals surface area contributed by atoms with Crippen LogP contribution in [0.25, 0.3) is 16.9 Å². The summed E-state index contributed by atoms with van der Waals surface area (Å²) in [6.07, 6.45) is 0. The van der Waals surface area contributed by atoms with Crippen LogP contribution in [-0.4, -0.2) is 31.4 Å². The smallest absolute Gasteiger partial charge is 0.236 e. The number of nitrogens with one attached hydrogen (secondary N) is 1. The zero-order valence-corrected chi connectivity index (χ0v) is 25.2. The third-order valence-corrected chi connectivity index (χ3v) is 8.34. The Bertz CT molecular complexity index is 1690. The molecule has 0 fully saturated rings. The maximum absolute atomic E-state index is 12.9. The van der Waals surface area contributed by atoms with E-state index in [-0.39, 0.29) is 18.3 Å². The number of amides is 1. The molecule has 7 nitrogen and oxygen atoms in total. The number of halogens is 3. The average Bonchev–Trinajstić information content (AvgIpc) is 3.55. The highest BCUT2D eigenvalue weighted by atomic mass is 35.5. The summed E-state index contributed by atoms with van der Waals surface area (Å²) in [5.41, 5.74) is 4.52. The van der Waals surface area contributed by atoms with Crippen LogP contribution in [0.2, 0.25) is 15.1 Å². The number of thioether (sulfide) groups is 1. The van der Waals surface area contributed by atoms with Crippen molar-refractivity contribution in [2.24, 2.45) is 0 Å². The maximum Gasteiger partial charge on any atom is 0.236 e. The first-order valence-corrected chi connectivity index (χ1v) is 15.0. The van der Waals surface area contributed by atoms with Gasteiger partial charge in [-0.2, -0.15) is 0 Å². The maximum atomic E-state index is 12.9. The Morgan fingerprint density at radius 3 is 2.65 bits per heavy atom. The number of hydrogen-bond acceptors (Lipinski definition) is 7. The second-order valence-electron chi connectivity index (χ2n) is 8.74. The first-order valence-electron chi connectivity index (χ1n) is 12.0. The lowest BCUT2D eigenvalue weighted by molar-refractivity contribution is -0.113. The third-order valence-electron chi connectivity index (χ3n) is 5.79. The van der Waals surface area contributed by atoms with Crippen molar-refractivity contribution in [1.82, 2.24) is 19.7 Å². The quantitative estimate of drug-likeness (QED) is 0.165. The van der Waals surface area contributed by atoms with Crippen molar-refractivity contribution in [2.45, 2.75) is 25.6 Å². The van der Waals surface area contributed by atoms with E-state index in [4.69, 9.17) is 39.5 Å². The fraction of sp³-hybridized carbons (Fsp3) is 0.143. The average molecular weight is 631 g/mol. The number of rotatable bonds is 9. The Morgan fingerprint density at radius 2 is 1.85 bits per heavy atom. The van der Waals surface area contributed by atoms with Gasteiger partial charge in [0.25, 0.3) is 0 Å². The van der Waals surface area contributed by atoms with Gasteiger partial charge in [0.1, 0.15) is 12.4 Å². The molecule has 0 aliphatic heterocycles. The summed E-state index contributed by atoms with van der Waals surface area (Å²) in [6, 6.07) is 18.6. The molecule has 3 aromatic carbocycles. The summed E-state index contributed by atoms with van der Waals surface area (Å²) in [7, 11) is 0. The van der Waals surface area contributed by atoms with Crippen molar-refractivity contribution >= 4 is 68.9 Å². The number of ether oxygens (including phenoxy) is 1. The number of nitrogens with zero attached hydrogens (tertiary/aromatic N) is 4. The topological polar surface area (TPSA) is 81.9 Å². The highest BCUT2D eigenvalue weighted by Crippen LogP contribution is 2.32. The molecule has 204 valence electrons. The molecule has 1 N–H and O–H groups in total. The molecular weight excluding hydrogens is 609 g/mol. The Morgan fingerprint density at radius 1 is 1.02 bits per heavy atom. The van der Waals surface area contributed by atoms with Crippen LogP contribution in [0.3, 0.4) is 0 Å². The van der Waals surface area contributed by atoms with Gasteiger partial charge in [-0.1, -0.05) is 76.9 Å². The zero-order valence-electron chi connectivity index (χ0n) is 21.3. The predicted molar refractivity (Wildman–Crippen MR) is 164 cm³/mol. The van der Waals surface area contributed by atoms with Crippen LogP contribution in [-0.2, 0) is 11.4 Å². The van der Waals surface area contributed by atoms with Gasteiger partial charge in [-0.15, -0.1) is 21.5 Å². The van der Waals surface area contributed by atoms with E-state index in [1.54, 1.807) is 24.3 Å². The van der Waals surface area contributed by atoms with E-state index in [0.717, 1.165) is 22.4 Å². The van der Waals surface area contributed by atoms with E-state index >= 15 is 0 Å². The van der Waals surface area contributed by atoms with Gasteiger partial charge < -0.3 is 10.1 Å². The Kier molecular flexibility index (Phi) is 8.97. The van der Waals surface area contributed by atoms with Crippen LogP contribution in [0.15, 0.2) is 71.2 Å². The van der Waals surface area contributed by atoms with Gasteiger partial charge in [0.15, 0.2) is 16.1 Å². The molecule has 0 unspecified atom stereocenters. The van der Waals surface area contributed by atoms with Gasteiger partial charge >= 0.3 is 0 Å². The normalized spacial score (nSPS) is 11.0. The SMILES string of the molecule is Cc1ccc(C)c(-n2c(COc3ccc(Cl)cc3Cl)nnc2SCC(=O)Nc2nc(-c3ccccc3Cl)cs2)c1. The molecule has 0 aliphatic rings. The van der Waals surface area contributed by atoms with E-state index < -0.39 is 0 Å². The summed E-state index contributed by atoms with van der Waals surface area (Å²) in [5, 5.41) is 16.0. The van der Waals surface area contributed by atoms with Crippen molar-refractivity contribution in [3.05, 3.63) is 98.1 Å². The van der Waals surface area contributed by atoms with Crippen molar-refractivity contribution in [2.75, 3.05) is 11.1 Å². The fourth-order valence-corrected chi connectivity index (χ4v) is 6.02. The molecule has 2 aromatic heterocycles. The molecule has 0 radical (unpaired) electrons. The zero-order chi connectivity index (χ0) is 28.2. The molecule has 0 saturated carbocycles. The number of hydrogen-bond donors (Lipinski definition) is 1. The van der Waals surface area contributed by atoms with Gasteiger partial charge in [-0.05, 0) is 55.3 Å².